The molecule has 4 heteroatoms. The third-order valence-corrected chi connectivity index (χ3v) is 3.22. The first-order valence-corrected chi connectivity index (χ1v) is 6.73. The van der Waals surface area contributed by atoms with Crippen molar-refractivity contribution < 1.29 is 4.74 Å². The van der Waals surface area contributed by atoms with E-state index in [4.69, 9.17) is 10.5 Å². The van der Waals surface area contributed by atoms with Gasteiger partial charge in [0.2, 0.25) is 0 Å². The van der Waals surface area contributed by atoms with Gasteiger partial charge in [0, 0.05) is 17.4 Å². The molecule has 0 aromatic heterocycles. The summed E-state index contributed by atoms with van der Waals surface area (Å²) >= 11 is 0. The largest absolute Gasteiger partial charge is 0.480 e. The lowest BCUT2D eigenvalue weighted by Crippen LogP contribution is -2.34. The molecular formula is C16H17N3O. The van der Waals surface area contributed by atoms with Gasteiger partial charge in [-0.15, -0.1) is 0 Å². The monoisotopic (exact) mass is 267 g/mol. The van der Waals surface area contributed by atoms with Gasteiger partial charge >= 0.3 is 0 Å². The molecule has 1 aliphatic heterocycles. The van der Waals surface area contributed by atoms with Crippen molar-refractivity contribution in [1.29, 1.82) is 0 Å². The summed E-state index contributed by atoms with van der Waals surface area (Å²) in [6.07, 6.45) is 0.761. The second-order valence-electron chi connectivity index (χ2n) is 4.73. The van der Waals surface area contributed by atoms with Gasteiger partial charge in [0.25, 0.3) is 0 Å². The number of nitrogens with zero attached hydrogens (tertiary/aromatic N) is 1. The van der Waals surface area contributed by atoms with Gasteiger partial charge < -0.3 is 15.8 Å². The van der Waals surface area contributed by atoms with Crippen LogP contribution in [0.25, 0.3) is 0 Å². The zero-order valence-electron chi connectivity index (χ0n) is 11.3. The summed E-state index contributed by atoms with van der Waals surface area (Å²) in [4.78, 5) is 4.66. The van der Waals surface area contributed by atoms with E-state index in [0.717, 1.165) is 29.4 Å². The van der Waals surface area contributed by atoms with Crippen molar-refractivity contribution in [3.63, 3.8) is 0 Å². The molecule has 0 radical (unpaired) electrons. The fourth-order valence-corrected chi connectivity index (χ4v) is 2.18. The number of benzene rings is 2. The lowest BCUT2D eigenvalue weighted by Gasteiger charge is -2.26. The highest BCUT2D eigenvalue weighted by Crippen LogP contribution is 2.34. The summed E-state index contributed by atoms with van der Waals surface area (Å²) in [5.74, 6) is 1.58. The first-order valence-electron chi connectivity index (χ1n) is 6.73. The third kappa shape index (κ3) is 2.45. The number of amidine groups is 1. The molecule has 1 aliphatic rings. The molecular weight excluding hydrogens is 250 g/mol. The zero-order chi connectivity index (χ0) is 13.9. The van der Waals surface area contributed by atoms with Gasteiger partial charge in [0.15, 0.2) is 6.10 Å². The van der Waals surface area contributed by atoms with Crippen LogP contribution in [-0.4, -0.2) is 11.9 Å². The second kappa shape index (κ2) is 5.25. The van der Waals surface area contributed by atoms with Crippen molar-refractivity contribution in [1.82, 2.24) is 0 Å². The molecule has 3 N–H and O–H groups in total. The molecule has 2 aromatic carbocycles. The highest BCUT2D eigenvalue weighted by Gasteiger charge is 2.23. The standard InChI is InChI=1S/C16H17N3O/c1-2-14-16(18-12-6-4-3-5-7-12)19-13-9-8-11(17)10-15(13)20-14/h3-10,14H,2,17H2,1H3,(H,18,19). The Hall–Kier alpha value is -2.49. The van der Waals surface area contributed by atoms with Gasteiger partial charge in [-0.3, -0.25) is 0 Å². The molecule has 1 atom stereocenters. The second-order valence-corrected chi connectivity index (χ2v) is 4.73. The summed E-state index contributed by atoms with van der Waals surface area (Å²) < 4.78 is 5.97. The maximum Gasteiger partial charge on any atom is 0.156 e. The van der Waals surface area contributed by atoms with E-state index in [1.54, 1.807) is 0 Å². The predicted octanol–water partition coefficient (Wildman–Crippen LogP) is 3.58. The molecule has 0 fully saturated rings. The molecule has 0 saturated heterocycles. The van der Waals surface area contributed by atoms with E-state index in [1.807, 2.05) is 48.5 Å². The Kier molecular flexibility index (Phi) is 3.29. The Morgan fingerprint density at radius 2 is 2.00 bits per heavy atom. The van der Waals surface area contributed by atoms with Crippen molar-refractivity contribution >= 4 is 22.9 Å². The number of nitrogens with two attached hydrogens (primary N) is 1. The molecule has 0 aliphatic carbocycles. The highest BCUT2D eigenvalue weighted by molar-refractivity contribution is 6.01. The van der Waals surface area contributed by atoms with Crippen LogP contribution in [0.5, 0.6) is 5.75 Å². The number of aliphatic imine (C=N–C) groups is 1. The van der Waals surface area contributed by atoms with Gasteiger partial charge in [-0.1, -0.05) is 25.1 Å². The number of anilines is 2. The van der Waals surface area contributed by atoms with Crippen molar-refractivity contribution in [3.05, 3.63) is 48.5 Å². The summed E-state index contributed by atoms with van der Waals surface area (Å²) in [5.41, 5.74) is 8.29. The Balaban J connectivity index is 1.93. The maximum atomic E-state index is 5.97. The Labute approximate surface area is 118 Å². The quantitative estimate of drug-likeness (QED) is 0.817. The van der Waals surface area contributed by atoms with E-state index in [1.165, 1.54) is 0 Å². The number of rotatable bonds is 2. The summed E-state index contributed by atoms with van der Waals surface area (Å²) in [7, 11) is 0. The fraction of sp³-hybridized carbons (Fsp3) is 0.188. The van der Waals surface area contributed by atoms with Gasteiger partial charge in [0.05, 0.1) is 0 Å². The molecule has 0 bridgehead atoms. The first kappa shape index (κ1) is 12.5. The molecule has 2 aromatic rings. The Morgan fingerprint density at radius 3 is 2.75 bits per heavy atom. The van der Waals surface area contributed by atoms with Gasteiger partial charge in [-0.25, -0.2) is 4.99 Å². The van der Waals surface area contributed by atoms with Crippen LogP contribution in [0.2, 0.25) is 0 Å². The summed E-state index contributed by atoms with van der Waals surface area (Å²) in [6.45, 7) is 2.07. The number of nitrogens with one attached hydrogen (secondary N) is 1. The zero-order valence-corrected chi connectivity index (χ0v) is 11.3. The smallest absolute Gasteiger partial charge is 0.156 e. The van der Waals surface area contributed by atoms with Crippen molar-refractivity contribution in [2.24, 2.45) is 4.99 Å². The summed E-state index contributed by atoms with van der Waals surface area (Å²) in [5, 5.41) is 3.33. The van der Waals surface area contributed by atoms with Crippen LogP contribution < -0.4 is 15.8 Å². The molecule has 4 nitrogen and oxygen atoms in total. The van der Waals surface area contributed by atoms with Crippen LogP contribution in [0.1, 0.15) is 13.3 Å². The van der Waals surface area contributed by atoms with Crippen molar-refractivity contribution in [2.45, 2.75) is 19.4 Å². The Bertz CT molecular complexity index is 637. The molecule has 0 saturated carbocycles. The van der Waals surface area contributed by atoms with Crippen LogP contribution in [0.3, 0.4) is 0 Å². The molecule has 102 valence electrons. The lowest BCUT2D eigenvalue weighted by molar-refractivity contribution is 0.259. The van der Waals surface area contributed by atoms with E-state index >= 15 is 0 Å². The van der Waals surface area contributed by atoms with Gasteiger partial charge in [-0.05, 0) is 30.7 Å². The van der Waals surface area contributed by atoms with Gasteiger partial charge in [0.1, 0.15) is 17.3 Å². The summed E-state index contributed by atoms with van der Waals surface area (Å²) in [6, 6.07) is 15.5. The topological polar surface area (TPSA) is 59.6 Å². The molecule has 0 spiro atoms. The highest BCUT2D eigenvalue weighted by atomic mass is 16.5. The minimum absolute atomic E-state index is 0.0792. The first-order chi connectivity index (χ1) is 9.76. The van der Waals surface area contributed by atoms with Crippen molar-refractivity contribution in [2.75, 3.05) is 11.1 Å². The minimum atomic E-state index is -0.0792. The maximum absolute atomic E-state index is 5.97. The Morgan fingerprint density at radius 1 is 1.20 bits per heavy atom. The van der Waals surface area contributed by atoms with E-state index in [2.05, 4.69) is 17.2 Å². The van der Waals surface area contributed by atoms with E-state index in [9.17, 15) is 0 Å². The van der Waals surface area contributed by atoms with Crippen LogP contribution in [0.4, 0.5) is 17.1 Å². The number of para-hydroxylation sites is 1. The lowest BCUT2D eigenvalue weighted by atomic mass is 10.1. The number of hydrogen-bond acceptors (Lipinski definition) is 4. The number of ether oxygens (including phenoxy) is 1. The van der Waals surface area contributed by atoms with E-state index < -0.39 is 0 Å². The van der Waals surface area contributed by atoms with Crippen LogP contribution >= 0.6 is 0 Å². The molecule has 0 amide bonds. The van der Waals surface area contributed by atoms with Gasteiger partial charge in [-0.2, -0.15) is 0 Å². The average molecular weight is 267 g/mol. The van der Waals surface area contributed by atoms with Crippen molar-refractivity contribution in [3.8, 4) is 5.75 Å². The van der Waals surface area contributed by atoms with E-state index in [0.29, 0.717) is 5.69 Å². The fourth-order valence-electron chi connectivity index (χ4n) is 2.18. The molecule has 1 heterocycles. The van der Waals surface area contributed by atoms with Crippen LogP contribution in [0, 0.1) is 0 Å². The normalized spacial score (nSPS) is 16.9. The van der Waals surface area contributed by atoms with E-state index in [-0.39, 0.29) is 6.10 Å². The molecule has 1 unspecified atom stereocenters. The molecule has 20 heavy (non-hydrogen) atoms. The third-order valence-electron chi connectivity index (χ3n) is 3.22. The van der Waals surface area contributed by atoms with Crippen LogP contribution in [0.15, 0.2) is 53.5 Å². The molecule has 3 rings (SSSR count). The predicted molar refractivity (Wildman–Crippen MR) is 82.7 cm³/mol. The SMILES string of the molecule is CCC1Oc2cc(N)ccc2N=C1Nc1ccccc1. The number of nitrogen functional groups attached to an aromatic ring is 1. The number of hydrogen-bond donors (Lipinski definition) is 2. The number of fused-ring (bicyclic) bond motifs is 1. The minimum Gasteiger partial charge on any atom is -0.480 e. The average Bonchev–Trinajstić information content (AvgIpc) is 2.48. The van der Waals surface area contributed by atoms with Crippen LogP contribution in [-0.2, 0) is 0 Å².